The van der Waals surface area contributed by atoms with E-state index in [0.717, 1.165) is 23.3 Å². The highest BCUT2D eigenvalue weighted by molar-refractivity contribution is 7.98. The van der Waals surface area contributed by atoms with E-state index in [1.165, 1.54) is 4.31 Å². The van der Waals surface area contributed by atoms with Gasteiger partial charge in [0.1, 0.15) is 0 Å². The lowest BCUT2D eigenvalue weighted by Crippen LogP contribution is -2.38. The molecule has 0 saturated carbocycles. The van der Waals surface area contributed by atoms with Crippen molar-refractivity contribution in [2.24, 2.45) is 0 Å². The number of nitrogen functional groups attached to an aromatic ring is 1. The number of hydrogen-bond acceptors (Lipinski definition) is 4. The minimum atomic E-state index is -3.51. The van der Waals surface area contributed by atoms with Crippen LogP contribution in [0.5, 0.6) is 0 Å². The lowest BCUT2D eigenvalue weighted by atomic mass is 10.1. The Morgan fingerprint density at radius 2 is 1.95 bits per heavy atom. The first-order valence-electron chi connectivity index (χ1n) is 6.59. The lowest BCUT2D eigenvalue weighted by Gasteiger charge is -2.27. The van der Waals surface area contributed by atoms with E-state index in [0.29, 0.717) is 10.6 Å². The summed E-state index contributed by atoms with van der Waals surface area (Å²) in [4.78, 5) is 0.317. The van der Waals surface area contributed by atoms with Gasteiger partial charge in [0.05, 0.1) is 4.90 Å². The molecule has 0 amide bonds. The first kappa shape index (κ1) is 17.3. The summed E-state index contributed by atoms with van der Waals surface area (Å²) >= 11 is 1.65. The Balaban J connectivity index is 3.29. The van der Waals surface area contributed by atoms with E-state index in [9.17, 15) is 8.42 Å². The molecule has 2 N–H and O–H groups in total. The molecular weight excluding hydrogens is 292 g/mol. The number of anilines is 1. The normalized spacial score (nSPS) is 13.7. The topological polar surface area (TPSA) is 63.4 Å². The molecule has 0 saturated heterocycles. The summed E-state index contributed by atoms with van der Waals surface area (Å²) in [6.07, 6.45) is 2.77. The highest BCUT2D eigenvalue weighted by Crippen LogP contribution is 2.26. The van der Waals surface area contributed by atoms with E-state index in [1.54, 1.807) is 30.9 Å². The summed E-state index contributed by atoms with van der Waals surface area (Å²) in [6, 6.07) is 3.35. The molecule has 1 atom stereocenters. The smallest absolute Gasteiger partial charge is 0.243 e. The third-order valence-electron chi connectivity index (χ3n) is 3.64. The molecule has 1 rings (SSSR count). The second kappa shape index (κ2) is 6.83. The summed E-state index contributed by atoms with van der Waals surface area (Å²) in [6.45, 7) is 5.71. The summed E-state index contributed by atoms with van der Waals surface area (Å²) < 4.78 is 27.1. The summed E-state index contributed by atoms with van der Waals surface area (Å²) in [5.74, 6) is 0.784. The maximum absolute atomic E-state index is 12.8. The molecule has 0 aliphatic rings. The van der Waals surface area contributed by atoms with Crippen molar-refractivity contribution in [3.8, 4) is 0 Å². The third-order valence-corrected chi connectivity index (χ3v) is 6.40. The van der Waals surface area contributed by atoms with Gasteiger partial charge in [-0.1, -0.05) is 6.92 Å². The van der Waals surface area contributed by atoms with Crippen molar-refractivity contribution in [2.45, 2.75) is 38.1 Å². The van der Waals surface area contributed by atoms with Crippen LogP contribution in [0.1, 0.15) is 24.5 Å². The number of aryl methyl sites for hydroxylation is 1. The largest absolute Gasteiger partial charge is 0.399 e. The molecule has 0 bridgehead atoms. The first-order chi connectivity index (χ1) is 9.25. The van der Waals surface area contributed by atoms with Gasteiger partial charge in [-0.2, -0.15) is 16.1 Å². The molecule has 0 aliphatic heterocycles. The number of sulfonamides is 1. The fraction of sp³-hybridized carbons (Fsp3) is 0.571. The Bertz CT molecular complexity index is 571. The molecule has 1 aromatic rings. The molecule has 0 fully saturated rings. The molecule has 0 aliphatic carbocycles. The van der Waals surface area contributed by atoms with Gasteiger partial charge >= 0.3 is 0 Å². The summed E-state index contributed by atoms with van der Waals surface area (Å²) in [5, 5.41) is 0. The van der Waals surface area contributed by atoms with Crippen LogP contribution in [-0.2, 0) is 10.0 Å². The van der Waals surface area contributed by atoms with E-state index in [1.807, 2.05) is 27.0 Å². The van der Waals surface area contributed by atoms with Crippen molar-refractivity contribution in [3.63, 3.8) is 0 Å². The minimum absolute atomic E-state index is 0.00358. The molecule has 0 spiro atoms. The number of nitrogens with two attached hydrogens (primary N) is 1. The van der Waals surface area contributed by atoms with Crippen LogP contribution in [-0.4, -0.2) is 37.8 Å². The van der Waals surface area contributed by atoms with Gasteiger partial charge in [-0.15, -0.1) is 0 Å². The Kier molecular flexibility index (Phi) is 5.91. The highest BCUT2D eigenvalue weighted by atomic mass is 32.2. The van der Waals surface area contributed by atoms with Crippen molar-refractivity contribution in [2.75, 3.05) is 24.8 Å². The average molecular weight is 316 g/mol. The van der Waals surface area contributed by atoms with E-state index in [4.69, 9.17) is 5.73 Å². The molecule has 20 heavy (non-hydrogen) atoms. The van der Waals surface area contributed by atoms with Crippen LogP contribution in [0, 0.1) is 13.8 Å². The van der Waals surface area contributed by atoms with E-state index < -0.39 is 10.0 Å². The zero-order valence-corrected chi connectivity index (χ0v) is 14.4. The van der Waals surface area contributed by atoms with E-state index in [-0.39, 0.29) is 6.04 Å². The average Bonchev–Trinajstić information content (AvgIpc) is 2.39. The second-order valence-corrected chi connectivity index (χ2v) is 7.88. The van der Waals surface area contributed by atoms with Crippen LogP contribution < -0.4 is 5.73 Å². The number of rotatable bonds is 6. The quantitative estimate of drug-likeness (QED) is 0.820. The van der Waals surface area contributed by atoms with Gasteiger partial charge in [0.25, 0.3) is 0 Å². The van der Waals surface area contributed by atoms with Gasteiger partial charge in [-0.3, -0.25) is 0 Å². The molecule has 1 aromatic carbocycles. The monoisotopic (exact) mass is 316 g/mol. The Morgan fingerprint density at radius 1 is 1.35 bits per heavy atom. The van der Waals surface area contributed by atoms with Crippen LogP contribution in [0.2, 0.25) is 0 Å². The van der Waals surface area contributed by atoms with Crippen LogP contribution in [0.15, 0.2) is 17.0 Å². The van der Waals surface area contributed by atoms with Crippen LogP contribution in [0.4, 0.5) is 5.69 Å². The van der Waals surface area contributed by atoms with E-state index in [2.05, 4.69) is 0 Å². The predicted octanol–water partition coefficient (Wildman–Crippen LogP) is 2.65. The summed E-state index contributed by atoms with van der Waals surface area (Å²) in [5.41, 5.74) is 7.96. The Morgan fingerprint density at radius 3 is 2.45 bits per heavy atom. The molecule has 0 heterocycles. The van der Waals surface area contributed by atoms with Gasteiger partial charge in [0, 0.05) is 24.5 Å². The fourth-order valence-electron chi connectivity index (χ4n) is 2.15. The van der Waals surface area contributed by atoms with Crippen molar-refractivity contribution < 1.29 is 8.42 Å². The van der Waals surface area contributed by atoms with Crippen LogP contribution >= 0.6 is 11.8 Å². The van der Waals surface area contributed by atoms with Gasteiger partial charge in [-0.25, -0.2) is 8.42 Å². The first-order valence-corrected chi connectivity index (χ1v) is 9.42. The lowest BCUT2D eigenvalue weighted by molar-refractivity contribution is 0.385. The van der Waals surface area contributed by atoms with E-state index >= 15 is 0 Å². The Labute approximate surface area is 126 Å². The van der Waals surface area contributed by atoms with Crippen LogP contribution in [0.25, 0.3) is 0 Å². The number of hydrogen-bond donors (Lipinski definition) is 1. The van der Waals surface area contributed by atoms with Crippen molar-refractivity contribution in [1.29, 1.82) is 0 Å². The zero-order valence-electron chi connectivity index (χ0n) is 12.8. The third kappa shape index (κ3) is 3.48. The molecule has 0 aromatic heterocycles. The summed E-state index contributed by atoms with van der Waals surface area (Å²) in [7, 11) is -1.86. The Hall–Kier alpha value is -0.720. The zero-order chi connectivity index (χ0) is 15.5. The van der Waals surface area contributed by atoms with Gasteiger partial charge < -0.3 is 5.73 Å². The molecular formula is C14H24N2O2S2. The molecule has 1 unspecified atom stereocenters. The fourth-order valence-corrected chi connectivity index (χ4v) is 4.84. The van der Waals surface area contributed by atoms with Crippen LogP contribution in [0.3, 0.4) is 0 Å². The second-order valence-electron chi connectivity index (χ2n) is 5.00. The maximum Gasteiger partial charge on any atom is 0.243 e. The highest BCUT2D eigenvalue weighted by Gasteiger charge is 2.28. The standard InChI is InChI=1S/C14H24N2O2S2/c1-6-13(9-19-5)16(4)20(17,18)14-8-12(15)7-10(2)11(14)3/h7-8,13H,6,9,15H2,1-5H3. The molecule has 6 heteroatoms. The number of thioether (sulfide) groups is 1. The molecule has 114 valence electrons. The van der Waals surface area contributed by atoms with Gasteiger partial charge in [0.2, 0.25) is 10.0 Å². The van der Waals surface area contributed by atoms with Crippen molar-refractivity contribution >= 4 is 27.5 Å². The predicted molar refractivity (Wildman–Crippen MR) is 87.7 cm³/mol. The minimum Gasteiger partial charge on any atom is -0.399 e. The SMILES string of the molecule is CCC(CSC)N(C)S(=O)(=O)c1cc(N)cc(C)c1C. The number of benzene rings is 1. The maximum atomic E-state index is 12.8. The van der Waals surface area contributed by atoms with Crippen molar-refractivity contribution in [1.82, 2.24) is 4.31 Å². The van der Waals surface area contributed by atoms with Gasteiger partial charge in [-0.05, 0) is 49.8 Å². The molecule has 0 radical (unpaired) electrons. The molecule has 4 nitrogen and oxygen atoms in total. The van der Waals surface area contributed by atoms with Gasteiger partial charge in [0.15, 0.2) is 0 Å². The number of nitrogens with zero attached hydrogens (tertiary/aromatic N) is 1. The van der Waals surface area contributed by atoms with Crippen molar-refractivity contribution in [3.05, 3.63) is 23.3 Å².